The third-order valence-electron chi connectivity index (χ3n) is 1.73. The number of halogens is 3. The number of hydrogen-bond donors (Lipinski definition) is 1. The van der Waals surface area contributed by atoms with Crippen LogP contribution in [0.3, 0.4) is 0 Å². The van der Waals surface area contributed by atoms with Crippen molar-refractivity contribution >= 4 is 12.2 Å². The highest BCUT2D eigenvalue weighted by molar-refractivity contribution is 7.71. The Hall–Kier alpha value is -0.910. The molecule has 0 aliphatic rings. The van der Waals surface area contributed by atoms with Crippen LogP contribution < -0.4 is 0 Å². The molecule has 0 aliphatic heterocycles. The molecule has 0 radical (unpaired) electrons. The molecule has 1 aromatic rings. The minimum absolute atomic E-state index is 0.113. The van der Waals surface area contributed by atoms with E-state index in [-0.39, 0.29) is 10.5 Å². The number of nitrogens with zero attached hydrogens (tertiary/aromatic N) is 1. The first-order valence-electron chi connectivity index (χ1n) is 4.56. The van der Waals surface area contributed by atoms with Gasteiger partial charge in [-0.25, -0.2) is 4.98 Å². The highest BCUT2D eigenvalue weighted by Gasteiger charge is 2.28. The SMILES string of the molecule is CCCc1cc(=S)nc(CC(F)(F)F)[nH]1. The van der Waals surface area contributed by atoms with Gasteiger partial charge in [-0.15, -0.1) is 0 Å². The number of aromatic amines is 1. The molecule has 0 unspecified atom stereocenters. The minimum Gasteiger partial charge on any atom is -0.347 e. The van der Waals surface area contributed by atoms with Crippen LogP contribution in [0.25, 0.3) is 0 Å². The van der Waals surface area contributed by atoms with E-state index in [9.17, 15) is 13.2 Å². The quantitative estimate of drug-likeness (QED) is 0.816. The van der Waals surface area contributed by atoms with Crippen molar-refractivity contribution in [1.82, 2.24) is 9.97 Å². The summed E-state index contributed by atoms with van der Waals surface area (Å²) in [6.07, 6.45) is -3.79. The van der Waals surface area contributed by atoms with Gasteiger partial charge in [-0.05, 0) is 12.5 Å². The first kappa shape index (κ1) is 12.2. The number of hydrogen-bond acceptors (Lipinski definition) is 2. The summed E-state index contributed by atoms with van der Waals surface area (Å²) >= 11 is 4.79. The van der Waals surface area contributed by atoms with Gasteiger partial charge >= 0.3 is 6.18 Å². The van der Waals surface area contributed by atoms with Crippen molar-refractivity contribution in [3.63, 3.8) is 0 Å². The normalized spacial score (nSPS) is 11.7. The number of nitrogens with one attached hydrogen (secondary N) is 1. The lowest BCUT2D eigenvalue weighted by Gasteiger charge is -2.07. The van der Waals surface area contributed by atoms with Gasteiger partial charge in [0.2, 0.25) is 0 Å². The maximum atomic E-state index is 12.1. The Kier molecular flexibility index (Phi) is 3.84. The second-order valence-electron chi connectivity index (χ2n) is 3.23. The molecule has 0 spiro atoms. The van der Waals surface area contributed by atoms with Gasteiger partial charge in [0.25, 0.3) is 0 Å². The molecule has 0 bridgehead atoms. The highest BCUT2D eigenvalue weighted by atomic mass is 32.1. The maximum Gasteiger partial charge on any atom is 0.396 e. The predicted octanol–water partition coefficient (Wildman–Crippen LogP) is 3.20. The van der Waals surface area contributed by atoms with Gasteiger partial charge in [-0.1, -0.05) is 25.6 Å². The van der Waals surface area contributed by atoms with Crippen molar-refractivity contribution in [2.45, 2.75) is 32.4 Å². The van der Waals surface area contributed by atoms with Crippen LogP contribution in [0, 0.1) is 4.64 Å². The summed E-state index contributed by atoms with van der Waals surface area (Å²) in [7, 11) is 0. The number of aromatic nitrogens is 2. The maximum absolute atomic E-state index is 12.1. The smallest absolute Gasteiger partial charge is 0.347 e. The predicted molar refractivity (Wildman–Crippen MR) is 53.2 cm³/mol. The van der Waals surface area contributed by atoms with Crippen LogP contribution in [0.15, 0.2) is 6.07 Å². The van der Waals surface area contributed by atoms with Gasteiger partial charge in [0.05, 0.1) is 0 Å². The van der Waals surface area contributed by atoms with Crippen LogP contribution in [0.5, 0.6) is 0 Å². The Balaban J connectivity index is 2.94. The van der Waals surface area contributed by atoms with Crippen LogP contribution >= 0.6 is 12.2 Å². The molecule has 0 atom stereocenters. The van der Waals surface area contributed by atoms with E-state index in [1.165, 1.54) is 0 Å². The van der Waals surface area contributed by atoms with E-state index in [4.69, 9.17) is 12.2 Å². The monoisotopic (exact) mass is 236 g/mol. The largest absolute Gasteiger partial charge is 0.396 e. The third-order valence-corrected chi connectivity index (χ3v) is 1.94. The highest BCUT2D eigenvalue weighted by Crippen LogP contribution is 2.19. The summed E-state index contributed by atoms with van der Waals surface area (Å²) in [6.45, 7) is 1.95. The van der Waals surface area contributed by atoms with E-state index in [1.54, 1.807) is 6.07 Å². The Morgan fingerprint density at radius 1 is 1.47 bits per heavy atom. The van der Waals surface area contributed by atoms with Crippen molar-refractivity contribution in [2.75, 3.05) is 0 Å². The second kappa shape index (κ2) is 4.74. The fraction of sp³-hybridized carbons (Fsp3) is 0.556. The molecule has 0 saturated heterocycles. The van der Waals surface area contributed by atoms with Crippen molar-refractivity contribution in [3.05, 3.63) is 22.2 Å². The number of aryl methyl sites for hydroxylation is 1. The zero-order chi connectivity index (χ0) is 11.5. The standard InChI is InChI=1S/C9H11F3N2S/c1-2-3-6-4-8(15)14-7(13-6)5-9(10,11)12/h4H,2-3,5H2,1H3,(H,13,14,15). The Morgan fingerprint density at radius 2 is 2.13 bits per heavy atom. The van der Waals surface area contributed by atoms with Crippen molar-refractivity contribution < 1.29 is 13.2 Å². The van der Waals surface area contributed by atoms with Crippen LogP contribution in [-0.4, -0.2) is 16.1 Å². The van der Waals surface area contributed by atoms with Crippen LogP contribution in [-0.2, 0) is 12.8 Å². The van der Waals surface area contributed by atoms with Crippen molar-refractivity contribution in [1.29, 1.82) is 0 Å². The Labute approximate surface area is 90.6 Å². The van der Waals surface area contributed by atoms with E-state index in [0.717, 1.165) is 6.42 Å². The molecule has 1 heterocycles. The van der Waals surface area contributed by atoms with Crippen molar-refractivity contribution in [3.8, 4) is 0 Å². The summed E-state index contributed by atoms with van der Waals surface area (Å²) in [5.74, 6) is -0.113. The van der Waals surface area contributed by atoms with Crippen LogP contribution in [0.4, 0.5) is 13.2 Å². The number of rotatable bonds is 3. The Morgan fingerprint density at radius 3 is 2.67 bits per heavy atom. The summed E-state index contributed by atoms with van der Waals surface area (Å²) in [5.41, 5.74) is 0.705. The molecule has 15 heavy (non-hydrogen) atoms. The Bertz CT molecular complexity index is 384. The van der Waals surface area contributed by atoms with Crippen molar-refractivity contribution in [2.24, 2.45) is 0 Å². The first-order valence-corrected chi connectivity index (χ1v) is 4.97. The molecule has 0 fully saturated rings. The fourth-order valence-electron chi connectivity index (χ4n) is 1.24. The van der Waals surface area contributed by atoms with Gasteiger partial charge in [-0.3, -0.25) is 0 Å². The van der Waals surface area contributed by atoms with Crippen LogP contribution in [0.1, 0.15) is 24.9 Å². The summed E-state index contributed by atoms with van der Waals surface area (Å²) in [4.78, 5) is 6.29. The molecule has 0 saturated carbocycles. The lowest BCUT2D eigenvalue weighted by molar-refractivity contribution is -0.128. The first-order chi connectivity index (χ1) is 6.90. The topological polar surface area (TPSA) is 28.7 Å². The molecule has 84 valence electrons. The van der Waals surface area contributed by atoms with Crippen LogP contribution in [0.2, 0.25) is 0 Å². The molecule has 1 aromatic heterocycles. The molecule has 0 aromatic carbocycles. The number of alkyl halides is 3. The molecule has 6 heteroatoms. The average Bonchev–Trinajstić information content (AvgIpc) is 1.99. The fourth-order valence-corrected chi connectivity index (χ4v) is 1.49. The summed E-state index contributed by atoms with van der Waals surface area (Å²) < 4.78 is 36.5. The minimum atomic E-state index is -4.25. The van der Waals surface area contributed by atoms with E-state index < -0.39 is 12.6 Å². The summed E-state index contributed by atoms with van der Waals surface area (Å²) in [6, 6.07) is 1.60. The zero-order valence-electron chi connectivity index (χ0n) is 8.19. The molecular weight excluding hydrogens is 225 g/mol. The van der Waals surface area contributed by atoms with E-state index in [2.05, 4.69) is 9.97 Å². The van der Waals surface area contributed by atoms with Gasteiger partial charge in [0.15, 0.2) is 0 Å². The van der Waals surface area contributed by atoms with E-state index in [1.807, 2.05) is 6.92 Å². The molecule has 0 amide bonds. The molecule has 1 rings (SSSR count). The second-order valence-corrected chi connectivity index (χ2v) is 3.65. The molecule has 0 aliphatic carbocycles. The van der Waals surface area contributed by atoms with E-state index >= 15 is 0 Å². The average molecular weight is 236 g/mol. The van der Waals surface area contributed by atoms with E-state index in [0.29, 0.717) is 12.1 Å². The zero-order valence-corrected chi connectivity index (χ0v) is 9.00. The van der Waals surface area contributed by atoms with Gasteiger partial charge in [0, 0.05) is 5.69 Å². The van der Waals surface area contributed by atoms with Gasteiger partial charge < -0.3 is 4.98 Å². The summed E-state index contributed by atoms with van der Waals surface area (Å²) in [5, 5.41) is 0. The van der Waals surface area contributed by atoms with Gasteiger partial charge in [-0.2, -0.15) is 13.2 Å². The number of H-pyrrole nitrogens is 1. The molecular formula is C9H11F3N2S. The third kappa shape index (κ3) is 4.42. The molecule has 1 N–H and O–H groups in total. The lowest BCUT2D eigenvalue weighted by Crippen LogP contribution is -2.15. The van der Waals surface area contributed by atoms with Gasteiger partial charge in [0.1, 0.15) is 16.9 Å². The molecule has 2 nitrogen and oxygen atoms in total. The lowest BCUT2D eigenvalue weighted by atomic mass is 10.2.